The van der Waals surface area contributed by atoms with Crippen LogP contribution in [0.25, 0.3) is 0 Å². The van der Waals surface area contributed by atoms with Crippen LogP contribution >= 0.6 is 11.6 Å². The smallest absolute Gasteiger partial charge is 0.323 e. The van der Waals surface area contributed by atoms with Gasteiger partial charge in [0.15, 0.2) is 0 Å². The molecule has 120 valence electrons. The first-order valence-corrected chi connectivity index (χ1v) is 7.04. The Bertz CT molecular complexity index is 732. The summed E-state index contributed by atoms with van der Waals surface area (Å²) in [6, 6.07) is 10.8. The van der Waals surface area contributed by atoms with Crippen LogP contribution in [0.4, 0.5) is 27.5 Å². The number of nitro benzene ring substituents is 1. The lowest BCUT2D eigenvalue weighted by Crippen LogP contribution is -2.19. The van der Waals surface area contributed by atoms with Crippen LogP contribution in [-0.2, 0) is 0 Å². The average molecular weight is 335 g/mol. The fourth-order valence-electron chi connectivity index (χ4n) is 1.87. The zero-order valence-electron chi connectivity index (χ0n) is 12.5. The number of halogens is 1. The minimum absolute atomic E-state index is 0.0141. The molecule has 0 saturated heterocycles. The topological polar surface area (TPSA) is 87.5 Å². The summed E-state index contributed by atoms with van der Waals surface area (Å²) in [6.45, 7) is 0. The van der Waals surface area contributed by atoms with Crippen molar-refractivity contribution in [3.63, 3.8) is 0 Å². The lowest BCUT2D eigenvalue weighted by Gasteiger charge is -2.13. The first-order valence-electron chi connectivity index (χ1n) is 6.66. The van der Waals surface area contributed by atoms with Crippen LogP contribution in [0.1, 0.15) is 0 Å². The normalized spacial score (nSPS) is 10.0. The maximum absolute atomic E-state index is 11.9. The van der Waals surface area contributed by atoms with E-state index >= 15 is 0 Å². The number of nitro groups is 1. The molecule has 7 nitrogen and oxygen atoms in total. The van der Waals surface area contributed by atoms with Gasteiger partial charge >= 0.3 is 6.03 Å². The summed E-state index contributed by atoms with van der Waals surface area (Å²) in [4.78, 5) is 24.1. The van der Waals surface area contributed by atoms with E-state index in [-0.39, 0.29) is 16.4 Å². The molecule has 0 heterocycles. The van der Waals surface area contributed by atoms with Crippen molar-refractivity contribution >= 4 is 40.4 Å². The van der Waals surface area contributed by atoms with E-state index in [0.29, 0.717) is 5.69 Å². The van der Waals surface area contributed by atoms with Crippen molar-refractivity contribution in [3.8, 4) is 0 Å². The van der Waals surface area contributed by atoms with Crippen molar-refractivity contribution in [2.45, 2.75) is 0 Å². The van der Waals surface area contributed by atoms with Crippen molar-refractivity contribution in [1.29, 1.82) is 0 Å². The van der Waals surface area contributed by atoms with Crippen LogP contribution in [-0.4, -0.2) is 25.0 Å². The van der Waals surface area contributed by atoms with Crippen LogP contribution < -0.4 is 15.5 Å². The van der Waals surface area contributed by atoms with E-state index in [4.69, 9.17) is 11.6 Å². The minimum atomic E-state index is -0.606. The number of hydrogen-bond acceptors (Lipinski definition) is 4. The molecule has 0 atom stereocenters. The van der Waals surface area contributed by atoms with Crippen LogP contribution in [0, 0.1) is 10.1 Å². The molecule has 23 heavy (non-hydrogen) atoms. The second-order valence-corrected chi connectivity index (χ2v) is 5.35. The highest BCUT2D eigenvalue weighted by Gasteiger charge is 2.13. The number of anilines is 3. The van der Waals surface area contributed by atoms with E-state index in [0.717, 1.165) is 5.69 Å². The molecule has 0 bridgehead atoms. The Kier molecular flexibility index (Phi) is 5.02. The van der Waals surface area contributed by atoms with E-state index in [2.05, 4.69) is 10.6 Å². The summed E-state index contributed by atoms with van der Waals surface area (Å²) >= 11 is 5.72. The highest BCUT2D eigenvalue weighted by Crippen LogP contribution is 2.27. The summed E-state index contributed by atoms with van der Waals surface area (Å²) < 4.78 is 0. The largest absolute Gasteiger partial charge is 0.378 e. The molecule has 2 rings (SSSR count). The third-order valence-electron chi connectivity index (χ3n) is 3.04. The van der Waals surface area contributed by atoms with E-state index in [1.54, 1.807) is 12.1 Å². The van der Waals surface area contributed by atoms with Gasteiger partial charge in [0, 0.05) is 37.2 Å². The average Bonchev–Trinajstić information content (AvgIpc) is 2.49. The number of hydrogen-bond donors (Lipinski definition) is 2. The van der Waals surface area contributed by atoms with E-state index in [1.165, 1.54) is 18.2 Å². The Morgan fingerprint density at radius 1 is 1.09 bits per heavy atom. The summed E-state index contributed by atoms with van der Waals surface area (Å²) in [5, 5.41) is 16.0. The molecule has 0 aromatic heterocycles. The Hall–Kier alpha value is -2.80. The predicted octanol–water partition coefficient (Wildman–Crippen LogP) is 3.96. The van der Waals surface area contributed by atoms with Gasteiger partial charge in [0.05, 0.1) is 4.92 Å². The molecule has 2 N–H and O–H groups in total. The fourth-order valence-corrected chi connectivity index (χ4v) is 2.05. The van der Waals surface area contributed by atoms with Gasteiger partial charge in [-0.25, -0.2) is 4.79 Å². The Labute approximate surface area is 138 Å². The van der Waals surface area contributed by atoms with Gasteiger partial charge < -0.3 is 15.5 Å². The zero-order valence-corrected chi connectivity index (χ0v) is 13.3. The summed E-state index contributed by atoms with van der Waals surface area (Å²) in [5.74, 6) is 0. The summed E-state index contributed by atoms with van der Waals surface area (Å²) in [6.07, 6.45) is 0. The van der Waals surface area contributed by atoms with E-state index in [9.17, 15) is 14.9 Å². The highest BCUT2D eigenvalue weighted by molar-refractivity contribution is 6.32. The van der Waals surface area contributed by atoms with Crippen molar-refractivity contribution in [3.05, 3.63) is 57.6 Å². The molecule has 0 saturated carbocycles. The molecule has 0 aliphatic heterocycles. The third kappa shape index (κ3) is 4.33. The van der Waals surface area contributed by atoms with Gasteiger partial charge in [-0.05, 0) is 36.4 Å². The standard InChI is InChI=1S/C15H15ClN4O3/c1-19(2)12-6-3-10(4-7-12)17-15(21)18-11-5-8-13(16)14(9-11)20(22)23/h3-9H,1-2H3,(H2,17,18,21). The Morgan fingerprint density at radius 2 is 1.65 bits per heavy atom. The lowest BCUT2D eigenvalue weighted by molar-refractivity contribution is -0.384. The number of amides is 2. The third-order valence-corrected chi connectivity index (χ3v) is 3.36. The van der Waals surface area contributed by atoms with Crippen LogP contribution in [0.3, 0.4) is 0 Å². The molecule has 0 unspecified atom stereocenters. The first-order chi connectivity index (χ1) is 10.9. The number of carbonyl (C=O) groups excluding carboxylic acids is 1. The number of urea groups is 1. The second kappa shape index (κ2) is 6.97. The number of rotatable bonds is 4. The Morgan fingerprint density at radius 3 is 2.22 bits per heavy atom. The van der Waals surface area contributed by atoms with Gasteiger partial charge in [0.1, 0.15) is 5.02 Å². The first kappa shape index (κ1) is 16.6. The maximum atomic E-state index is 11.9. The lowest BCUT2D eigenvalue weighted by atomic mass is 10.2. The van der Waals surface area contributed by atoms with E-state index < -0.39 is 11.0 Å². The minimum Gasteiger partial charge on any atom is -0.378 e. The van der Waals surface area contributed by atoms with Crippen LogP contribution in [0.2, 0.25) is 5.02 Å². The number of nitrogens with one attached hydrogen (secondary N) is 2. The summed E-state index contributed by atoms with van der Waals surface area (Å²) in [5.41, 5.74) is 1.63. The molecular weight excluding hydrogens is 320 g/mol. The van der Waals surface area contributed by atoms with Gasteiger partial charge in [0.25, 0.3) is 5.69 Å². The van der Waals surface area contributed by atoms with E-state index in [1.807, 2.05) is 31.1 Å². The molecule has 2 amide bonds. The van der Waals surface area contributed by atoms with Gasteiger partial charge in [-0.2, -0.15) is 0 Å². The zero-order chi connectivity index (χ0) is 17.0. The number of benzene rings is 2. The van der Waals surface area contributed by atoms with Crippen LogP contribution in [0.5, 0.6) is 0 Å². The second-order valence-electron chi connectivity index (χ2n) is 4.94. The molecule has 2 aromatic rings. The van der Waals surface area contributed by atoms with Crippen molar-refractivity contribution in [2.24, 2.45) is 0 Å². The molecule has 0 aliphatic rings. The quantitative estimate of drug-likeness (QED) is 0.654. The molecule has 0 radical (unpaired) electrons. The number of nitrogens with zero attached hydrogens (tertiary/aromatic N) is 2. The van der Waals surface area contributed by atoms with Crippen LogP contribution in [0.15, 0.2) is 42.5 Å². The SMILES string of the molecule is CN(C)c1ccc(NC(=O)Nc2ccc(Cl)c([N+](=O)[O-])c2)cc1. The van der Waals surface area contributed by atoms with Crippen molar-refractivity contribution < 1.29 is 9.72 Å². The number of carbonyl (C=O) groups is 1. The predicted molar refractivity (Wildman–Crippen MR) is 91.5 cm³/mol. The van der Waals surface area contributed by atoms with Gasteiger partial charge in [0.2, 0.25) is 0 Å². The van der Waals surface area contributed by atoms with Crippen molar-refractivity contribution in [2.75, 3.05) is 29.6 Å². The maximum Gasteiger partial charge on any atom is 0.323 e. The molecule has 2 aromatic carbocycles. The Balaban J connectivity index is 2.05. The fraction of sp³-hybridized carbons (Fsp3) is 0.133. The van der Waals surface area contributed by atoms with Gasteiger partial charge in [-0.3, -0.25) is 10.1 Å². The molecule has 8 heteroatoms. The van der Waals surface area contributed by atoms with Crippen molar-refractivity contribution in [1.82, 2.24) is 0 Å². The molecule has 0 fully saturated rings. The molecule has 0 spiro atoms. The summed E-state index contributed by atoms with van der Waals surface area (Å²) in [7, 11) is 3.84. The van der Waals surface area contributed by atoms with Gasteiger partial charge in [-0.1, -0.05) is 11.6 Å². The highest BCUT2D eigenvalue weighted by atomic mass is 35.5. The molecular formula is C15H15ClN4O3. The van der Waals surface area contributed by atoms with Gasteiger partial charge in [-0.15, -0.1) is 0 Å². The monoisotopic (exact) mass is 334 g/mol. The molecule has 0 aliphatic carbocycles.